The van der Waals surface area contributed by atoms with E-state index >= 15 is 0 Å². The third-order valence-corrected chi connectivity index (χ3v) is 7.81. The van der Waals surface area contributed by atoms with E-state index in [0.717, 1.165) is 44.9 Å². The third kappa shape index (κ3) is 3.73. The molecular formula is C24H21N3OS2. The molecule has 5 rings (SSSR count). The lowest BCUT2D eigenvalue weighted by Gasteiger charge is -2.17. The zero-order valence-electron chi connectivity index (χ0n) is 16.6. The standard InChI is InChI=1S/C24H21N3OS2/c1-15-10-12-17(13-11-15)27-22(28)21(16-6-3-2-4-7-16)30-24-20-18-8-5-9-19(18)29-23(20)25-14-26-24/h2-4,6-7,10-14,21H,5,8-9H2,1H3,(H,27,28)/t21-/m0/s1. The van der Waals surface area contributed by atoms with E-state index in [9.17, 15) is 4.79 Å². The van der Waals surface area contributed by atoms with Crippen LogP contribution in [0.1, 0.15) is 33.2 Å². The van der Waals surface area contributed by atoms with Gasteiger partial charge in [0, 0.05) is 16.0 Å². The van der Waals surface area contributed by atoms with E-state index < -0.39 is 5.25 Å². The smallest absolute Gasteiger partial charge is 0.242 e. The van der Waals surface area contributed by atoms with Crippen LogP contribution in [0.25, 0.3) is 10.2 Å². The first-order valence-corrected chi connectivity index (χ1v) is 11.7. The Morgan fingerprint density at radius 1 is 1.07 bits per heavy atom. The van der Waals surface area contributed by atoms with E-state index in [4.69, 9.17) is 0 Å². The lowest BCUT2D eigenvalue weighted by molar-refractivity contribution is -0.115. The zero-order valence-corrected chi connectivity index (χ0v) is 18.2. The second kappa shape index (κ2) is 8.20. The van der Waals surface area contributed by atoms with Crippen molar-refractivity contribution in [1.82, 2.24) is 9.97 Å². The first-order chi connectivity index (χ1) is 14.7. The normalized spacial score (nSPS) is 13.9. The van der Waals surface area contributed by atoms with Crippen LogP contribution in [-0.2, 0) is 17.6 Å². The van der Waals surface area contributed by atoms with Crippen molar-refractivity contribution < 1.29 is 4.79 Å². The number of hydrogen-bond donors (Lipinski definition) is 1. The van der Waals surface area contributed by atoms with Crippen molar-refractivity contribution in [2.24, 2.45) is 0 Å². The predicted octanol–water partition coefficient (Wildman–Crippen LogP) is 5.96. The molecule has 0 unspecified atom stereocenters. The molecule has 1 amide bonds. The number of nitrogens with one attached hydrogen (secondary N) is 1. The van der Waals surface area contributed by atoms with Crippen LogP contribution < -0.4 is 5.32 Å². The van der Waals surface area contributed by atoms with E-state index in [1.54, 1.807) is 17.7 Å². The van der Waals surface area contributed by atoms with Crippen molar-refractivity contribution in [2.75, 3.05) is 5.32 Å². The summed E-state index contributed by atoms with van der Waals surface area (Å²) in [6, 6.07) is 17.8. The van der Waals surface area contributed by atoms with Gasteiger partial charge in [-0.25, -0.2) is 9.97 Å². The number of anilines is 1. The molecule has 1 aliphatic carbocycles. The van der Waals surface area contributed by atoms with Crippen LogP contribution in [0.3, 0.4) is 0 Å². The zero-order chi connectivity index (χ0) is 20.5. The summed E-state index contributed by atoms with van der Waals surface area (Å²) in [5, 5.41) is 4.72. The number of thiophene rings is 1. The van der Waals surface area contributed by atoms with Gasteiger partial charge < -0.3 is 5.32 Å². The Labute approximate surface area is 183 Å². The molecule has 0 bridgehead atoms. The molecule has 4 aromatic rings. The highest BCUT2D eigenvalue weighted by atomic mass is 32.2. The Balaban J connectivity index is 1.51. The monoisotopic (exact) mass is 431 g/mol. The number of benzene rings is 2. The summed E-state index contributed by atoms with van der Waals surface area (Å²) < 4.78 is 0. The molecule has 1 atom stereocenters. The fraction of sp³-hybridized carbons (Fsp3) is 0.208. The van der Waals surface area contributed by atoms with Crippen LogP contribution in [0.2, 0.25) is 0 Å². The minimum Gasteiger partial charge on any atom is -0.325 e. The number of hydrogen-bond acceptors (Lipinski definition) is 5. The number of amides is 1. The molecule has 0 radical (unpaired) electrons. The molecule has 150 valence electrons. The van der Waals surface area contributed by atoms with Crippen LogP contribution in [0.5, 0.6) is 0 Å². The average molecular weight is 432 g/mol. The molecule has 0 saturated heterocycles. The first kappa shape index (κ1) is 19.3. The fourth-order valence-electron chi connectivity index (χ4n) is 3.85. The minimum absolute atomic E-state index is 0.0475. The molecule has 0 aliphatic heterocycles. The fourth-order valence-corrected chi connectivity index (χ4v) is 6.27. The number of carbonyl (C=O) groups excluding carboxylic acids is 1. The topological polar surface area (TPSA) is 54.9 Å². The molecule has 30 heavy (non-hydrogen) atoms. The van der Waals surface area contributed by atoms with E-state index in [-0.39, 0.29) is 5.91 Å². The van der Waals surface area contributed by atoms with Crippen molar-refractivity contribution >= 4 is 44.9 Å². The van der Waals surface area contributed by atoms with Gasteiger partial charge in [-0.1, -0.05) is 59.8 Å². The number of aryl methyl sites for hydroxylation is 3. The summed E-state index contributed by atoms with van der Waals surface area (Å²) >= 11 is 3.29. The van der Waals surface area contributed by atoms with E-state index in [0.29, 0.717) is 0 Å². The van der Waals surface area contributed by atoms with Gasteiger partial charge >= 0.3 is 0 Å². The van der Waals surface area contributed by atoms with Gasteiger partial charge in [0.2, 0.25) is 5.91 Å². The molecule has 2 aromatic carbocycles. The van der Waals surface area contributed by atoms with Crippen LogP contribution in [0.15, 0.2) is 66.0 Å². The van der Waals surface area contributed by atoms with Gasteiger partial charge in [-0.2, -0.15) is 0 Å². The summed E-state index contributed by atoms with van der Waals surface area (Å²) in [6.45, 7) is 2.04. The maximum Gasteiger partial charge on any atom is 0.242 e. The van der Waals surface area contributed by atoms with E-state index in [2.05, 4.69) is 15.3 Å². The Morgan fingerprint density at radius 3 is 2.67 bits per heavy atom. The number of thioether (sulfide) groups is 1. The summed E-state index contributed by atoms with van der Waals surface area (Å²) in [7, 11) is 0. The largest absolute Gasteiger partial charge is 0.325 e. The number of aromatic nitrogens is 2. The molecular weight excluding hydrogens is 410 g/mol. The minimum atomic E-state index is -0.400. The molecule has 2 aromatic heterocycles. The number of nitrogens with zero attached hydrogens (tertiary/aromatic N) is 2. The second-order valence-corrected chi connectivity index (χ2v) is 9.66. The maximum atomic E-state index is 13.3. The number of carbonyl (C=O) groups is 1. The van der Waals surface area contributed by atoms with Crippen molar-refractivity contribution in [2.45, 2.75) is 36.5 Å². The Kier molecular flexibility index (Phi) is 5.27. The third-order valence-electron chi connectivity index (χ3n) is 5.36. The molecule has 1 aliphatic rings. The van der Waals surface area contributed by atoms with E-state index in [1.807, 2.05) is 61.5 Å². The molecule has 1 N–H and O–H groups in total. The van der Waals surface area contributed by atoms with Gasteiger partial charge in [0.15, 0.2) is 0 Å². The van der Waals surface area contributed by atoms with Crippen molar-refractivity contribution in [3.8, 4) is 0 Å². The summed E-state index contributed by atoms with van der Waals surface area (Å²) in [5.41, 5.74) is 4.31. The predicted molar refractivity (Wildman–Crippen MR) is 124 cm³/mol. The van der Waals surface area contributed by atoms with Crippen LogP contribution in [0.4, 0.5) is 5.69 Å². The van der Waals surface area contributed by atoms with Crippen LogP contribution >= 0.6 is 23.1 Å². The summed E-state index contributed by atoms with van der Waals surface area (Å²) in [4.78, 5) is 24.9. The number of fused-ring (bicyclic) bond motifs is 3. The average Bonchev–Trinajstić information content (AvgIpc) is 3.35. The molecule has 4 nitrogen and oxygen atoms in total. The van der Waals surface area contributed by atoms with Gasteiger partial charge in [0.05, 0.1) is 0 Å². The molecule has 6 heteroatoms. The van der Waals surface area contributed by atoms with Crippen LogP contribution in [-0.4, -0.2) is 15.9 Å². The van der Waals surface area contributed by atoms with E-state index in [1.165, 1.54) is 28.6 Å². The van der Waals surface area contributed by atoms with Crippen molar-refractivity contribution in [3.05, 3.63) is 82.5 Å². The lowest BCUT2D eigenvalue weighted by Crippen LogP contribution is -2.19. The SMILES string of the molecule is Cc1ccc(NC(=O)[C@@H](Sc2ncnc3sc4c(c23)CCC4)c2ccccc2)cc1. The van der Waals surface area contributed by atoms with Crippen molar-refractivity contribution in [1.29, 1.82) is 0 Å². The molecule has 0 saturated carbocycles. The van der Waals surface area contributed by atoms with Gasteiger partial charge in [-0.05, 0) is 49.4 Å². The number of rotatable bonds is 5. The second-order valence-electron chi connectivity index (χ2n) is 7.48. The van der Waals surface area contributed by atoms with Gasteiger partial charge in [0.25, 0.3) is 0 Å². The molecule has 0 spiro atoms. The summed E-state index contributed by atoms with van der Waals surface area (Å²) in [5.74, 6) is -0.0475. The highest BCUT2D eigenvalue weighted by Crippen LogP contribution is 2.44. The summed E-state index contributed by atoms with van der Waals surface area (Å²) in [6.07, 6.45) is 5.00. The van der Waals surface area contributed by atoms with Crippen LogP contribution in [0, 0.1) is 6.92 Å². The molecule has 2 heterocycles. The van der Waals surface area contributed by atoms with Gasteiger partial charge in [-0.3, -0.25) is 4.79 Å². The van der Waals surface area contributed by atoms with Gasteiger partial charge in [-0.15, -0.1) is 11.3 Å². The Morgan fingerprint density at radius 2 is 1.87 bits per heavy atom. The lowest BCUT2D eigenvalue weighted by atomic mass is 10.1. The highest BCUT2D eigenvalue weighted by molar-refractivity contribution is 8.00. The Hall–Kier alpha value is -2.70. The van der Waals surface area contributed by atoms with Gasteiger partial charge in [0.1, 0.15) is 21.4 Å². The highest BCUT2D eigenvalue weighted by Gasteiger charge is 2.27. The molecule has 0 fully saturated rings. The quantitative estimate of drug-likeness (QED) is 0.313. The van der Waals surface area contributed by atoms with Crippen molar-refractivity contribution in [3.63, 3.8) is 0 Å². The Bertz CT molecular complexity index is 1200. The maximum absolute atomic E-state index is 13.3. The first-order valence-electron chi connectivity index (χ1n) is 10.0.